The van der Waals surface area contributed by atoms with Gasteiger partial charge in [0, 0.05) is 13.2 Å². The van der Waals surface area contributed by atoms with Crippen molar-refractivity contribution in [3.05, 3.63) is 22.8 Å². The van der Waals surface area contributed by atoms with Crippen molar-refractivity contribution < 1.29 is 4.74 Å². The van der Waals surface area contributed by atoms with Gasteiger partial charge >= 0.3 is 0 Å². The Labute approximate surface area is 108 Å². The summed E-state index contributed by atoms with van der Waals surface area (Å²) in [5.41, 5.74) is 0.820. The molecular weight excluding hydrogens is 236 g/mol. The third-order valence-corrected chi connectivity index (χ3v) is 3.23. The molecule has 0 spiro atoms. The van der Waals surface area contributed by atoms with Crippen LogP contribution in [-0.4, -0.2) is 18.1 Å². The van der Waals surface area contributed by atoms with E-state index in [1.165, 1.54) is 19.3 Å². The Morgan fingerprint density at radius 2 is 2.29 bits per heavy atom. The van der Waals surface area contributed by atoms with Gasteiger partial charge < -0.3 is 10.1 Å². The van der Waals surface area contributed by atoms with E-state index >= 15 is 0 Å². The van der Waals surface area contributed by atoms with E-state index in [1.54, 1.807) is 0 Å². The predicted octanol–water partition coefficient (Wildman–Crippen LogP) is 3.48. The summed E-state index contributed by atoms with van der Waals surface area (Å²) in [5, 5.41) is 3.85. The molecule has 4 heteroatoms. The highest BCUT2D eigenvalue weighted by atomic mass is 35.5. The quantitative estimate of drug-likeness (QED) is 0.757. The van der Waals surface area contributed by atoms with Gasteiger partial charge in [0.25, 0.3) is 0 Å². The van der Waals surface area contributed by atoms with Gasteiger partial charge in [0.1, 0.15) is 5.82 Å². The van der Waals surface area contributed by atoms with Crippen LogP contribution in [0.25, 0.3) is 0 Å². The molecular formula is C13H19ClN2O. The number of nitrogens with one attached hydrogen (secondary N) is 1. The second-order valence-corrected chi connectivity index (χ2v) is 4.85. The highest BCUT2D eigenvalue weighted by molar-refractivity contribution is 6.31. The highest BCUT2D eigenvalue weighted by Gasteiger charge is 2.20. The summed E-state index contributed by atoms with van der Waals surface area (Å²) in [6, 6.07) is 3.76. The van der Waals surface area contributed by atoms with Gasteiger partial charge in [-0.2, -0.15) is 0 Å². The number of ether oxygens (including phenoxy) is 1. The van der Waals surface area contributed by atoms with E-state index in [4.69, 9.17) is 16.3 Å². The number of hydrogen-bond acceptors (Lipinski definition) is 3. The molecule has 0 unspecified atom stereocenters. The van der Waals surface area contributed by atoms with Gasteiger partial charge in [0.15, 0.2) is 0 Å². The zero-order valence-electron chi connectivity index (χ0n) is 10.2. The summed E-state index contributed by atoms with van der Waals surface area (Å²) in [7, 11) is 0. The van der Waals surface area contributed by atoms with E-state index in [0.29, 0.717) is 11.6 Å². The molecule has 1 saturated carbocycles. The molecule has 0 aromatic carbocycles. The zero-order chi connectivity index (χ0) is 12.1. The fourth-order valence-electron chi connectivity index (χ4n) is 1.69. The Hall–Kier alpha value is -0.800. The van der Waals surface area contributed by atoms with Crippen molar-refractivity contribution in [2.45, 2.75) is 32.8 Å². The second-order valence-electron chi connectivity index (χ2n) is 4.44. The molecule has 94 valence electrons. The standard InChI is InChI=1S/C13H19ClN2O/c1-2-15-13-6-5-11(14)12(16-13)9-17-8-7-10-3-4-10/h5-6,10H,2-4,7-9H2,1H3,(H,15,16). The molecule has 17 heavy (non-hydrogen) atoms. The van der Waals surface area contributed by atoms with E-state index in [-0.39, 0.29) is 0 Å². The SMILES string of the molecule is CCNc1ccc(Cl)c(COCCC2CC2)n1. The number of nitrogens with zero attached hydrogens (tertiary/aromatic N) is 1. The van der Waals surface area contributed by atoms with Crippen LogP contribution < -0.4 is 5.32 Å². The van der Waals surface area contributed by atoms with Crippen LogP contribution in [0.3, 0.4) is 0 Å². The molecule has 1 N–H and O–H groups in total. The first kappa shape index (κ1) is 12.7. The monoisotopic (exact) mass is 254 g/mol. The zero-order valence-corrected chi connectivity index (χ0v) is 11.0. The molecule has 0 aliphatic heterocycles. The Morgan fingerprint density at radius 3 is 3.00 bits per heavy atom. The van der Waals surface area contributed by atoms with Crippen molar-refractivity contribution in [3.63, 3.8) is 0 Å². The van der Waals surface area contributed by atoms with Crippen LogP contribution in [0.15, 0.2) is 12.1 Å². The first-order valence-corrected chi connectivity index (χ1v) is 6.64. The average Bonchev–Trinajstić information content (AvgIpc) is 3.13. The second kappa shape index (κ2) is 6.22. The third-order valence-electron chi connectivity index (χ3n) is 2.88. The molecule has 1 aromatic heterocycles. The Morgan fingerprint density at radius 1 is 1.47 bits per heavy atom. The molecule has 1 aliphatic rings. The van der Waals surface area contributed by atoms with Crippen LogP contribution in [0.4, 0.5) is 5.82 Å². The fraction of sp³-hybridized carbons (Fsp3) is 0.615. The molecule has 0 saturated heterocycles. The highest BCUT2D eigenvalue weighted by Crippen LogP contribution is 2.32. The molecule has 0 radical (unpaired) electrons. The lowest BCUT2D eigenvalue weighted by Gasteiger charge is -2.08. The third kappa shape index (κ3) is 4.17. The van der Waals surface area contributed by atoms with E-state index in [1.807, 2.05) is 19.1 Å². The smallest absolute Gasteiger partial charge is 0.126 e. The lowest BCUT2D eigenvalue weighted by molar-refractivity contribution is 0.113. The van der Waals surface area contributed by atoms with Crippen molar-refractivity contribution in [1.82, 2.24) is 4.98 Å². The topological polar surface area (TPSA) is 34.1 Å². The van der Waals surface area contributed by atoms with Crippen LogP contribution in [-0.2, 0) is 11.3 Å². The Kier molecular flexibility index (Phi) is 4.63. The normalized spacial score (nSPS) is 14.9. The summed E-state index contributed by atoms with van der Waals surface area (Å²) in [5.74, 6) is 1.77. The number of pyridine rings is 1. The molecule has 0 atom stereocenters. The van der Waals surface area contributed by atoms with Gasteiger partial charge in [-0.15, -0.1) is 0 Å². The molecule has 1 heterocycles. The lowest BCUT2D eigenvalue weighted by atomic mass is 10.3. The largest absolute Gasteiger partial charge is 0.375 e. The Bertz CT molecular complexity index is 366. The van der Waals surface area contributed by atoms with E-state index < -0.39 is 0 Å². The molecule has 0 amide bonds. The van der Waals surface area contributed by atoms with Crippen molar-refractivity contribution in [2.75, 3.05) is 18.5 Å². The maximum absolute atomic E-state index is 6.08. The molecule has 1 aromatic rings. The van der Waals surface area contributed by atoms with Crippen molar-refractivity contribution in [2.24, 2.45) is 5.92 Å². The number of rotatable bonds is 7. The summed E-state index contributed by atoms with van der Waals surface area (Å²) in [6.45, 7) is 4.22. The maximum atomic E-state index is 6.08. The van der Waals surface area contributed by atoms with Crippen LogP contribution >= 0.6 is 11.6 Å². The fourth-order valence-corrected chi connectivity index (χ4v) is 1.85. The van der Waals surface area contributed by atoms with Crippen molar-refractivity contribution >= 4 is 17.4 Å². The summed E-state index contributed by atoms with van der Waals surface area (Å²) >= 11 is 6.08. The molecule has 2 rings (SSSR count). The van der Waals surface area contributed by atoms with E-state index in [0.717, 1.165) is 30.6 Å². The summed E-state index contributed by atoms with van der Waals surface area (Å²) in [6.07, 6.45) is 3.92. The van der Waals surface area contributed by atoms with Crippen LogP contribution in [0.5, 0.6) is 0 Å². The van der Waals surface area contributed by atoms with Gasteiger partial charge in [-0.25, -0.2) is 4.98 Å². The summed E-state index contributed by atoms with van der Waals surface area (Å²) < 4.78 is 5.61. The van der Waals surface area contributed by atoms with Gasteiger partial charge in [-0.1, -0.05) is 24.4 Å². The predicted molar refractivity (Wildman–Crippen MR) is 70.4 cm³/mol. The van der Waals surface area contributed by atoms with Gasteiger partial charge in [-0.3, -0.25) is 0 Å². The van der Waals surface area contributed by atoms with E-state index in [9.17, 15) is 0 Å². The van der Waals surface area contributed by atoms with Gasteiger partial charge in [-0.05, 0) is 31.4 Å². The van der Waals surface area contributed by atoms with Gasteiger partial charge in [0.2, 0.25) is 0 Å². The van der Waals surface area contributed by atoms with Crippen LogP contribution in [0.2, 0.25) is 5.02 Å². The molecule has 0 bridgehead atoms. The minimum absolute atomic E-state index is 0.505. The first-order chi connectivity index (χ1) is 8.29. The Balaban J connectivity index is 1.81. The lowest BCUT2D eigenvalue weighted by Crippen LogP contribution is -2.04. The van der Waals surface area contributed by atoms with Crippen molar-refractivity contribution in [1.29, 1.82) is 0 Å². The molecule has 1 aliphatic carbocycles. The first-order valence-electron chi connectivity index (χ1n) is 6.26. The minimum Gasteiger partial charge on any atom is -0.375 e. The summed E-state index contributed by atoms with van der Waals surface area (Å²) in [4.78, 5) is 4.43. The molecule has 3 nitrogen and oxygen atoms in total. The van der Waals surface area contributed by atoms with Crippen LogP contribution in [0, 0.1) is 5.92 Å². The minimum atomic E-state index is 0.505. The average molecular weight is 255 g/mol. The molecule has 1 fully saturated rings. The maximum Gasteiger partial charge on any atom is 0.126 e. The number of hydrogen-bond donors (Lipinski definition) is 1. The number of anilines is 1. The van der Waals surface area contributed by atoms with E-state index in [2.05, 4.69) is 10.3 Å². The van der Waals surface area contributed by atoms with Gasteiger partial charge in [0.05, 0.1) is 17.3 Å². The number of halogens is 1. The van der Waals surface area contributed by atoms with Crippen molar-refractivity contribution in [3.8, 4) is 0 Å². The number of aromatic nitrogens is 1. The van der Waals surface area contributed by atoms with Crippen LogP contribution in [0.1, 0.15) is 31.9 Å².